The number of hydrogen-bond donors (Lipinski definition) is 0. The molecular formula is C12H11ClF3NO. The molecule has 0 radical (unpaired) electrons. The molecule has 1 aromatic rings. The maximum atomic E-state index is 12.9. The van der Waals surface area contributed by atoms with Gasteiger partial charge in [0.2, 0.25) is 5.91 Å². The van der Waals surface area contributed by atoms with Crippen molar-refractivity contribution in [2.75, 3.05) is 11.4 Å². The number of benzene rings is 1. The summed E-state index contributed by atoms with van der Waals surface area (Å²) >= 11 is 5.59. The summed E-state index contributed by atoms with van der Waals surface area (Å²) in [6.45, 7) is 0.323. The maximum Gasteiger partial charge on any atom is 0.418 e. The van der Waals surface area contributed by atoms with Crippen molar-refractivity contribution in [1.29, 1.82) is 0 Å². The Balaban J connectivity index is 2.46. The monoisotopic (exact) mass is 277 g/mol. The molecular weight excluding hydrogens is 267 g/mol. The normalized spacial score (nSPS) is 17.1. The van der Waals surface area contributed by atoms with E-state index < -0.39 is 11.7 Å². The quantitative estimate of drug-likeness (QED) is 0.763. The number of halogens is 4. The van der Waals surface area contributed by atoms with E-state index in [4.69, 9.17) is 11.6 Å². The van der Waals surface area contributed by atoms with Crippen LogP contribution in [0.3, 0.4) is 0 Å². The van der Waals surface area contributed by atoms with Crippen LogP contribution in [0.2, 0.25) is 5.02 Å². The Morgan fingerprint density at radius 1 is 1.22 bits per heavy atom. The van der Waals surface area contributed by atoms with Gasteiger partial charge in [-0.15, -0.1) is 0 Å². The van der Waals surface area contributed by atoms with Crippen LogP contribution >= 0.6 is 11.6 Å². The highest BCUT2D eigenvalue weighted by molar-refractivity contribution is 6.30. The van der Waals surface area contributed by atoms with Gasteiger partial charge in [-0.2, -0.15) is 13.2 Å². The molecule has 0 spiro atoms. The van der Waals surface area contributed by atoms with E-state index in [2.05, 4.69) is 0 Å². The zero-order valence-corrected chi connectivity index (χ0v) is 10.2. The SMILES string of the molecule is O=C1CCCCN1c1ccc(Cl)cc1C(F)(F)F. The standard InChI is InChI=1S/C12H11ClF3NO/c13-8-4-5-10(9(7-8)12(14,15)16)17-6-2-1-3-11(17)18/h4-5,7H,1-3,6H2. The van der Waals surface area contributed by atoms with Gasteiger partial charge in [0, 0.05) is 18.0 Å². The van der Waals surface area contributed by atoms with Crippen LogP contribution in [0.1, 0.15) is 24.8 Å². The third kappa shape index (κ3) is 2.61. The summed E-state index contributed by atoms with van der Waals surface area (Å²) in [7, 11) is 0. The van der Waals surface area contributed by atoms with E-state index in [9.17, 15) is 18.0 Å². The van der Waals surface area contributed by atoms with Crippen LogP contribution in [0.4, 0.5) is 18.9 Å². The minimum Gasteiger partial charge on any atom is -0.312 e. The Hall–Kier alpha value is -1.23. The molecule has 0 aromatic heterocycles. The molecule has 1 aromatic carbocycles. The summed E-state index contributed by atoms with van der Waals surface area (Å²) in [5.74, 6) is -0.269. The van der Waals surface area contributed by atoms with Crippen LogP contribution in [-0.4, -0.2) is 12.5 Å². The fraction of sp³-hybridized carbons (Fsp3) is 0.417. The molecule has 0 atom stereocenters. The average Bonchev–Trinajstić information content (AvgIpc) is 2.29. The Morgan fingerprint density at radius 2 is 1.94 bits per heavy atom. The zero-order chi connectivity index (χ0) is 13.3. The van der Waals surface area contributed by atoms with Gasteiger partial charge < -0.3 is 4.90 Å². The average molecular weight is 278 g/mol. The minimum absolute atomic E-state index is 0.00975. The first-order chi connectivity index (χ1) is 8.39. The van der Waals surface area contributed by atoms with Gasteiger partial charge >= 0.3 is 6.18 Å². The van der Waals surface area contributed by atoms with Gasteiger partial charge in [0.1, 0.15) is 0 Å². The van der Waals surface area contributed by atoms with E-state index >= 15 is 0 Å². The number of piperidine rings is 1. The Morgan fingerprint density at radius 3 is 2.56 bits per heavy atom. The molecule has 2 rings (SSSR count). The van der Waals surface area contributed by atoms with Crippen molar-refractivity contribution in [3.05, 3.63) is 28.8 Å². The smallest absolute Gasteiger partial charge is 0.312 e. The molecule has 1 amide bonds. The number of anilines is 1. The van der Waals surface area contributed by atoms with Crippen molar-refractivity contribution in [2.45, 2.75) is 25.4 Å². The number of alkyl halides is 3. The van der Waals surface area contributed by atoms with Crippen molar-refractivity contribution in [3.63, 3.8) is 0 Å². The summed E-state index contributed by atoms with van der Waals surface area (Å²) in [6, 6.07) is 3.49. The van der Waals surface area contributed by atoms with E-state index in [-0.39, 0.29) is 16.6 Å². The molecule has 98 valence electrons. The summed E-state index contributed by atoms with van der Waals surface area (Å²) in [4.78, 5) is 12.9. The molecule has 1 heterocycles. The number of nitrogens with zero attached hydrogens (tertiary/aromatic N) is 1. The van der Waals surface area contributed by atoms with Crippen LogP contribution < -0.4 is 4.90 Å². The topological polar surface area (TPSA) is 20.3 Å². The van der Waals surface area contributed by atoms with Gasteiger partial charge in [-0.25, -0.2) is 0 Å². The second-order valence-corrected chi connectivity index (χ2v) is 4.60. The summed E-state index contributed by atoms with van der Waals surface area (Å²) in [5, 5.41) is 0.00975. The molecule has 1 aliphatic rings. The maximum absolute atomic E-state index is 12.9. The number of rotatable bonds is 1. The minimum atomic E-state index is -4.52. The van der Waals surface area contributed by atoms with E-state index in [1.165, 1.54) is 17.0 Å². The molecule has 0 saturated carbocycles. The molecule has 18 heavy (non-hydrogen) atoms. The third-order valence-corrected chi connectivity index (χ3v) is 3.11. The van der Waals surface area contributed by atoms with Crippen molar-refractivity contribution < 1.29 is 18.0 Å². The fourth-order valence-corrected chi connectivity index (χ4v) is 2.20. The van der Waals surface area contributed by atoms with Gasteiger partial charge in [-0.3, -0.25) is 4.79 Å². The lowest BCUT2D eigenvalue weighted by atomic mass is 10.1. The van der Waals surface area contributed by atoms with Crippen LogP contribution in [0, 0.1) is 0 Å². The summed E-state index contributed by atoms with van der Waals surface area (Å²) in [5.41, 5.74) is -0.957. The van der Waals surface area contributed by atoms with Crippen LogP contribution in [0.5, 0.6) is 0 Å². The summed E-state index contributed by atoms with van der Waals surface area (Å²) in [6.07, 6.45) is -2.78. The molecule has 1 saturated heterocycles. The molecule has 1 fully saturated rings. The van der Waals surface area contributed by atoms with Gasteiger partial charge in [-0.05, 0) is 31.0 Å². The predicted octanol–water partition coefficient (Wildman–Crippen LogP) is 3.88. The fourth-order valence-electron chi connectivity index (χ4n) is 2.03. The summed E-state index contributed by atoms with van der Waals surface area (Å²) < 4.78 is 38.7. The number of hydrogen-bond acceptors (Lipinski definition) is 1. The molecule has 6 heteroatoms. The Kier molecular flexibility index (Phi) is 3.52. The van der Waals surface area contributed by atoms with Crippen LogP contribution in [0.15, 0.2) is 18.2 Å². The highest BCUT2D eigenvalue weighted by Gasteiger charge is 2.36. The molecule has 0 bridgehead atoms. The van der Waals surface area contributed by atoms with Crippen LogP contribution in [0.25, 0.3) is 0 Å². The molecule has 0 unspecified atom stereocenters. The lowest BCUT2D eigenvalue weighted by Crippen LogP contribution is -2.36. The Labute approximate surface area is 107 Å². The van der Waals surface area contributed by atoms with Crippen molar-refractivity contribution in [3.8, 4) is 0 Å². The Bertz CT molecular complexity index is 473. The highest BCUT2D eigenvalue weighted by atomic mass is 35.5. The van der Waals surface area contributed by atoms with Gasteiger partial charge in [-0.1, -0.05) is 11.6 Å². The van der Waals surface area contributed by atoms with Gasteiger partial charge in [0.25, 0.3) is 0 Å². The first-order valence-corrected chi connectivity index (χ1v) is 5.94. The number of carbonyl (C=O) groups excluding carboxylic acids is 1. The van der Waals surface area contributed by atoms with E-state index in [0.29, 0.717) is 19.4 Å². The lowest BCUT2D eigenvalue weighted by Gasteiger charge is -2.29. The number of carbonyl (C=O) groups is 1. The third-order valence-electron chi connectivity index (χ3n) is 2.88. The van der Waals surface area contributed by atoms with Crippen molar-refractivity contribution in [2.24, 2.45) is 0 Å². The molecule has 1 aliphatic heterocycles. The van der Waals surface area contributed by atoms with Crippen molar-refractivity contribution >= 4 is 23.2 Å². The second kappa shape index (κ2) is 4.80. The predicted molar refractivity (Wildman–Crippen MR) is 62.7 cm³/mol. The second-order valence-electron chi connectivity index (χ2n) is 4.16. The highest BCUT2D eigenvalue weighted by Crippen LogP contribution is 2.39. The molecule has 2 nitrogen and oxygen atoms in total. The number of amides is 1. The van der Waals surface area contributed by atoms with E-state index in [1.54, 1.807) is 0 Å². The zero-order valence-electron chi connectivity index (χ0n) is 9.43. The lowest BCUT2D eigenvalue weighted by molar-refractivity contribution is -0.137. The first kappa shape index (κ1) is 13.2. The molecule has 0 aliphatic carbocycles. The molecule has 0 N–H and O–H groups in total. The van der Waals surface area contributed by atoms with Crippen LogP contribution in [-0.2, 0) is 11.0 Å². The van der Waals surface area contributed by atoms with E-state index in [0.717, 1.165) is 12.5 Å². The largest absolute Gasteiger partial charge is 0.418 e. The van der Waals surface area contributed by atoms with E-state index in [1.807, 2.05) is 0 Å². The van der Waals surface area contributed by atoms with Crippen molar-refractivity contribution in [1.82, 2.24) is 0 Å². The first-order valence-electron chi connectivity index (χ1n) is 5.57. The van der Waals surface area contributed by atoms with Gasteiger partial charge in [0.15, 0.2) is 0 Å². The van der Waals surface area contributed by atoms with Gasteiger partial charge in [0.05, 0.1) is 11.3 Å².